The first-order chi connectivity index (χ1) is 10.8. The molecule has 1 heterocycles. The Morgan fingerprint density at radius 1 is 1.23 bits per heavy atom. The molecule has 1 aromatic carbocycles. The molecule has 2 rings (SSSR count). The molecule has 118 valence electrons. The van der Waals surface area contributed by atoms with Crippen LogP contribution in [0.25, 0.3) is 0 Å². The van der Waals surface area contributed by atoms with Crippen LogP contribution in [0.3, 0.4) is 0 Å². The lowest BCUT2D eigenvalue weighted by Gasteiger charge is -2.13. The molecule has 0 bridgehead atoms. The first-order valence-corrected chi connectivity index (χ1v) is 7.71. The molecule has 1 atom stereocenters. The van der Waals surface area contributed by atoms with Crippen molar-refractivity contribution >= 4 is 5.91 Å². The van der Waals surface area contributed by atoms with Crippen molar-refractivity contribution in [2.75, 3.05) is 13.2 Å². The van der Waals surface area contributed by atoms with Crippen LogP contribution in [-0.4, -0.2) is 19.1 Å². The van der Waals surface area contributed by atoms with Gasteiger partial charge in [0.15, 0.2) is 0 Å². The second-order valence-corrected chi connectivity index (χ2v) is 5.21. The Hall–Kier alpha value is -2.07. The van der Waals surface area contributed by atoms with E-state index < -0.39 is 0 Å². The van der Waals surface area contributed by atoms with Gasteiger partial charge in [-0.1, -0.05) is 30.3 Å². The Morgan fingerprint density at radius 2 is 2.05 bits per heavy atom. The molecule has 0 fully saturated rings. The molecule has 0 saturated heterocycles. The molecule has 0 radical (unpaired) electrons. The maximum atomic E-state index is 11.7. The van der Waals surface area contributed by atoms with Crippen LogP contribution < -0.4 is 5.32 Å². The number of carbonyl (C=O) groups is 1. The van der Waals surface area contributed by atoms with Gasteiger partial charge in [0.1, 0.15) is 5.76 Å². The van der Waals surface area contributed by atoms with Crippen LogP contribution >= 0.6 is 0 Å². The third-order valence-corrected chi connectivity index (χ3v) is 3.46. The number of furan rings is 1. The maximum absolute atomic E-state index is 11.7. The number of hydrogen-bond donors (Lipinski definition) is 1. The zero-order valence-electron chi connectivity index (χ0n) is 13.0. The molecule has 0 aliphatic carbocycles. The normalized spacial score (nSPS) is 12.0. The van der Waals surface area contributed by atoms with E-state index in [0.29, 0.717) is 26.0 Å². The van der Waals surface area contributed by atoms with Crippen LogP contribution in [-0.2, 0) is 16.0 Å². The minimum absolute atomic E-state index is 0.0486. The van der Waals surface area contributed by atoms with E-state index in [1.807, 2.05) is 37.3 Å². The highest BCUT2D eigenvalue weighted by Gasteiger charge is 2.05. The number of aryl methyl sites for hydroxylation is 1. The Balaban J connectivity index is 1.52. The lowest BCUT2D eigenvalue weighted by atomic mass is 10.1. The molecule has 4 heteroatoms. The zero-order valence-corrected chi connectivity index (χ0v) is 13.0. The number of ether oxygens (including phenoxy) is 1. The standard InChI is InChI=1S/C18H23NO3/c1-15(16-7-3-2-4-8-16)21-14-6-12-19-18(20)11-10-17-9-5-13-22-17/h2-5,7-9,13,15H,6,10-12,14H2,1H3,(H,19,20). The predicted molar refractivity (Wildman–Crippen MR) is 85.5 cm³/mol. The van der Waals surface area contributed by atoms with Gasteiger partial charge in [-0.2, -0.15) is 0 Å². The van der Waals surface area contributed by atoms with E-state index in [9.17, 15) is 4.79 Å². The van der Waals surface area contributed by atoms with E-state index in [1.54, 1.807) is 6.26 Å². The highest BCUT2D eigenvalue weighted by atomic mass is 16.5. The van der Waals surface area contributed by atoms with E-state index in [1.165, 1.54) is 5.56 Å². The van der Waals surface area contributed by atoms with Crippen LogP contribution in [0.2, 0.25) is 0 Å². The lowest BCUT2D eigenvalue weighted by Crippen LogP contribution is -2.25. The molecule has 2 aromatic rings. The fourth-order valence-corrected chi connectivity index (χ4v) is 2.16. The first-order valence-electron chi connectivity index (χ1n) is 7.71. The molecule has 4 nitrogen and oxygen atoms in total. The van der Waals surface area contributed by atoms with Gasteiger partial charge in [-0.3, -0.25) is 4.79 Å². The third-order valence-electron chi connectivity index (χ3n) is 3.46. The second-order valence-electron chi connectivity index (χ2n) is 5.21. The number of rotatable bonds is 9. The number of amides is 1. The van der Waals surface area contributed by atoms with Gasteiger partial charge in [0.25, 0.3) is 0 Å². The molecule has 1 unspecified atom stereocenters. The van der Waals surface area contributed by atoms with Gasteiger partial charge in [-0.25, -0.2) is 0 Å². The van der Waals surface area contributed by atoms with Gasteiger partial charge in [-0.05, 0) is 31.0 Å². The monoisotopic (exact) mass is 301 g/mol. The predicted octanol–water partition coefficient (Wildman–Crippen LogP) is 3.50. The van der Waals surface area contributed by atoms with E-state index in [2.05, 4.69) is 17.4 Å². The highest BCUT2D eigenvalue weighted by molar-refractivity contribution is 5.75. The van der Waals surface area contributed by atoms with Gasteiger partial charge < -0.3 is 14.5 Å². The third kappa shape index (κ3) is 5.74. The van der Waals surface area contributed by atoms with Crippen molar-refractivity contribution in [3.05, 3.63) is 60.1 Å². The fourth-order valence-electron chi connectivity index (χ4n) is 2.16. The van der Waals surface area contributed by atoms with Crippen molar-refractivity contribution in [2.24, 2.45) is 0 Å². The average Bonchev–Trinajstić information content (AvgIpc) is 3.06. The Labute approximate surface area is 131 Å². The van der Waals surface area contributed by atoms with E-state index in [-0.39, 0.29) is 12.0 Å². The van der Waals surface area contributed by atoms with Gasteiger partial charge in [0, 0.05) is 26.0 Å². The summed E-state index contributed by atoms with van der Waals surface area (Å²) in [6.07, 6.45) is 3.60. The Kier molecular flexibility index (Phi) is 6.71. The lowest BCUT2D eigenvalue weighted by molar-refractivity contribution is -0.121. The Bertz CT molecular complexity index is 537. The molecule has 0 saturated carbocycles. The SMILES string of the molecule is CC(OCCCNC(=O)CCc1ccco1)c1ccccc1. The molecule has 1 amide bonds. The second kappa shape index (κ2) is 9.05. The quantitative estimate of drug-likeness (QED) is 0.721. The molecule has 1 aromatic heterocycles. The summed E-state index contributed by atoms with van der Waals surface area (Å²) < 4.78 is 11.0. The smallest absolute Gasteiger partial charge is 0.220 e. The highest BCUT2D eigenvalue weighted by Crippen LogP contribution is 2.15. The fraction of sp³-hybridized carbons (Fsp3) is 0.389. The number of benzene rings is 1. The van der Waals surface area contributed by atoms with Crippen LogP contribution in [0.5, 0.6) is 0 Å². The average molecular weight is 301 g/mol. The number of nitrogens with one attached hydrogen (secondary N) is 1. The first kappa shape index (κ1) is 16.3. The Morgan fingerprint density at radius 3 is 2.77 bits per heavy atom. The van der Waals surface area contributed by atoms with Crippen LogP contribution in [0.4, 0.5) is 0 Å². The summed E-state index contributed by atoms with van der Waals surface area (Å²) in [5.41, 5.74) is 1.17. The van der Waals surface area contributed by atoms with E-state index in [0.717, 1.165) is 12.2 Å². The van der Waals surface area contributed by atoms with Gasteiger partial charge in [-0.15, -0.1) is 0 Å². The minimum Gasteiger partial charge on any atom is -0.469 e. The van der Waals surface area contributed by atoms with Crippen molar-refractivity contribution in [1.82, 2.24) is 5.32 Å². The van der Waals surface area contributed by atoms with Crippen LogP contribution in [0, 0.1) is 0 Å². The number of hydrogen-bond acceptors (Lipinski definition) is 3. The molecule has 0 aliphatic heterocycles. The summed E-state index contributed by atoms with van der Waals surface area (Å²) in [5, 5.41) is 2.90. The van der Waals surface area contributed by atoms with Crippen molar-refractivity contribution in [3.63, 3.8) is 0 Å². The van der Waals surface area contributed by atoms with Gasteiger partial charge in [0.2, 0.25) is 5.91 Å². The topological polar surface area (TPSA) is 51.5 Å². The van der Waals surface area contributed by atoms with Crippen molar-refractivity contribution < 1.29 is 13.9 Å². The van der Waals surface area contributed by atoms with E-state index >= 15 is 0 Å². The van der Waals surface area contributed by atoms with Crippen LogP contribution in [0.15, 0.2) is 53.1 Å². The maximum Gasteiger partial charge on any atom is 0.220 e. The summed E-state index contributed by atoms with van der Waals surface area (Å²) in [7, 11) is 0. The summed E-state index contributed by atoms with van der Waals surface area (Å²) in [6, 6.07) is 13.8. The molecular weight excluding hydrogens is 278 g/mol. The van der Waals surface area contributed by atoms with E-state index in [4.69, 9.17) is 9.15 Å². The molecule has 22 heavy (non-hydrogen) atoms. The summed E-state index contributed by atoms with van der Waals surface area (Å²) >= 11 is 0. The van der Waals surface area contributed by atoms with Gasteiger partial charge >= 0.3 is 0 Å². The largest absolute Gasteiger partial charge is 0.469 e. The van der Waals surface area contributed by atoms with Crippen molar-refractivity contribution in [2.45, 2.75) is 32.3 Å². The van der Waals surface area contributed by atoms with Crippen LogP contribution in [0.1, 0.15) is 37.2 Å². The molecular formula is C18H23NO3. The minimum atomic E-state index is 0.0486. The molecule has 1 N–H and O–H groups in total. The number of carbonyl (C=O) groups excluding carboxylic acids is 1. The summed E-state index contributed by atoms with van der Waals surface area (Å²) in [5.74, 6) is 0.891. The summed E-state index contributed by atoms with van der Waals surface area (Å²) in [6.45, 7) is 3.31. The molecule has 0 aliphatic rings. The van der Waals surface area contributed by atoms with Crippen molar-refractivity contribution in [1.29, 1.82) is 0 Å². The zero-order chi connectivity index (χ0) is 15.6. The molecule has 0 spiro atoms. The van der Waals surface area contributed by atoms with Gasteiger partial charge in [0.05, 0.1) is 12.4 Å². The van der Waals surface area contributed by atoms with Crippen molar-refractivity contribution in [3.8, 4) is 0 Å². The summed E-state index contributed by atoms with van der Waals surface area (Å²) in [4.78, 5) is 11.7.